The van der Waals surface area contributed by atoms with Crippen molar-refractivity contribution in [3.05, 3.63) is 89.5 Å². The number of nitrogens with two attached hydrogens (primary N) is 1. The Labute approximate surface area is 194 Å². The first-order valence-corrected chi connectivity index (χ1v) is 11.0. The molecule has 1 aliphatic carbocycles. The summed E-state index contributed by atoms with van der Waals surface area (Å²) >= 11 is 0. The summed E-state index contributed by atoms with van der Waals surface area (Å²) in [6, 6.07) is 17.2. The van der Waals surface area contributed by atoms with Gasteiger partial charge in [0.25, 0.3) is 5.91 Å². The first kappa shape index (κ1) is 23.8. The first-order valence-electron chi connectivity index (χ1n) is 11.0. The zero-order valence-corrected chi connectivity index (χ0v) is 18.8. The number of carbonyl (C=O) groups is 2. The number of carbonyl (C=O) groups excluding carboxylic acids is 2. The molecular weight excluding hydrogens is 416 g/mol. The van der Waals surface area contributed by atoms with E-state index in [1.165, 1.54) is 6.34 Å². The second-order valence-corrected chi connectivity index (χ2v) is 7.87. The third kappa shape index (κ3) is 6.55. The van der Waals surface area contributed by atoms with Gasteiger partial charge in [0.2, 0.25) is 0 Å². The van der Waals surface area contributed by atoms with Crippen LogP contribution in [0.3, 0.4) is 0 Å². The molecule has 7 nitrogen and oxygen atoms in total. The largest absolute Gasteiger partial charge is 0.466 e. The maximum Gasteiger partial charge on any atom is 0.306 e. The minimum Gasteiger partial charge on any atom is -0.466 e. The van der Waals surface area contributed by atoms with Crippen molar-refractivity contribution < 1.29 is 14.3 Å². The molecule has 3 rings (SSSR count). The Balaban J connectivity index is 1.75. The van der Waals surface area contributed by atoms with E-state index in [2.05, 4.69) is 40.0 Å². The summed E-state index contributed by atoms with van der Waals surface area (Å²) in [5.74, 6) is 4.76. The fourth-order valence-corrected chi connectivity index (χ4v) is 3.95. The Morgan fingerprint density at radius 2 is 2.00 bits per heavy atom. The summed E-state index contributed by atoms with van der Waals surface area (Å²) in [7, 11) is 0. The summed E-state index contributed by atoms with van der Waals surface area (Å²) in [4.78, 5) is 24.8. The Kier molecular flexibility index (Phi) is 8.41. The summed E-state index contributed by atoms with van der Waals surface area (Å²) in [6.45, 7) is 2.61. The third-order valence-electron chi connectivity index (χ3n) is 5.59. The standard InChI is InChI=1S/C26H30N4O3/c1-2-33-24(31)14-13-20-8-7-15-26(17-20,22-10-4-3-5-11-22)18-28-25(32)21-9-6-12-23(16-21)29-19-30-27/h3-12,15-16,19H,2,13-14,17-18,27H2,1H3,(H,28,32)(H,29,30). The van der Waals surface area contributed by atoms with Gasteiger partial charge in [-0.3, -0.25) is 9.59 Å². The SMILES string of the molecule is CCOC(=O)CCC1=CC=CC(CNC(=O)c2cccc(NC=NN)c2)(c2ccccc2)C1. The minimum absolute atomic E-state index is 0.172. The highest BCUT2D eigenvalue weighted by Gasteiger charge is 2.32. The van der Waals surface area contributed by atoms with Gasteiger partial charge in [0, 0.05) is 29.6 Å². The van der Waals surface area contributed by atoms with E-state index in [4.69, 9.17) is 10.6 Å². The number of anilines is 1. The lowest BCUT2D eigenvalue weighted by molar-refractivity contribution is -0.143. The molecule has 0 radical (unpaired) electrons. The lowest BCUT2D eigenvalue weighted by atomic mass is 9.72. The van der Waals surface area contributed by atoms with Crippen molar-refractivity contribution in [2.75, 3.05) is 18.5 Å². The first-order chi connectivity index (χ1) is 16.1. The topological polar surface area (TPSA) is 106 Å². The molecule has 1 unspecified atom stereocenters. The van der Waals surface area contributed by atoms with Crippen LogP contribution in [-0.2, 0) is 14.9 Å². The molecule has 0 saturated carbocycles. The number of rotatable bonds is 10. The Morgan fingerprint density at radius 3 is 2.76 bits per heavy atom. The molecule has 172 valence electrons. The zero-order chi connectivity index (χ0) is 23.5. The predicted molar refractivity (Wildman–Crippen MR) is 131 cm³/mol. The molecule has 0 aliphatic heterocycles. The fourth-order valence-electron chi connectivity index (χ4n) is 3.95. The van der Waals surface area contributed by atoms with Gasteiger partial charge in [-0.25, -0.2) is 0 Å². The van der Waals surface area contributed by atoms with E-state index in [-0.39, 0.29) is 11.9 Å². The van der Waals surface area contributed by atoms with Crippen LogP contribution in [0.5, 0.6) is 0 Å². The van der Waals surface area contributed by atoms with Gasteiger partial charge in [0.1, 0.15) is 6.34 Å². The maximum atomic E-state index is 13.0. The van der Waals surface area contributed by atoms with Gasteiger partial charge in [-0.05, 0) is 43.5 Å². The minimum atomic E-state index is -0.405. The van der Waals surface area contributed by atoms with Crippen LogP contribution in [0.4, 0.5) is 5.69 Å². The summed E-state index contributed by atoms with van der Waals surface area (Å²) < 4.78 is 5.07. The van der Waals surface area contributed by atoms with E-state index in [0.717, 1.165) is 16.8 Å². The second kappa shape index (κ2) is 11.7. The van der Waals surface area contributed by atoms with Crippen LogP contribution in [-0.4, -0.2) is 31.4 Å². The Morgan fingerprint density at radius 1 is 1.18 bits per heavy atom. The summed E-state index contributed by atoms with van der Waals surface area (Å²) in [6.07, 6.45) is 9.24. The second-order valence-electron chi connectivity index (χ2n) is 7.87. The number of nitrogens with zero attached hydrogens (tertiary/aromatic N) is 1. The maximum absolute atomic E-state index is 13.0. The van der Waals surface area contributed by atoms with Gasteiger partial charge in [0.15, 0.2) is 0 Å². The molecule has 0 fully saturated rings. The number of allylic oxidation sites excluding steroid dienone is 3. The van der Waals surface area contributed by atoms with Crippen LogP contribution in [0.25, 0.3) is 0 Å². The molecule has 33 heavy (non-hydrogen) atoms. The van der Waals surface area contributed by atoms with Crippen LogP contribution < -0.4 is 16.5 Å². The van der Waals surface area contributed by atoms with E-state index in [0.29, 0.717) is 38.0 Å². The molecule has 1 aliphatic rings. The van der Waals surface area contributed by atoms with Crippen LogP contribution >= 0.6 is 0 Å². The molecule has 4 N–H and O–H groups in total. The number of hydrazone groups is 1. The lowest BCUT2D eigenvalue weighted by Crippen LogP contribution is -2.40. The third-order valence-corrected chi connectivity index (χ3v) is 5.59. The van der Waals surface area contributed by atoms with Gasteiger partial charge >= 0.3 is 5.97 Å². The van der Waals surface area contributed by atoms with Crippen LogP contribution in [0.2, 0.25) is 0 Å². The molecule has 7 heteroatoms. The number of ether oxygens (including phenoxy) is 1. The number of esters is 1. The van der Waals surface area contributed by atoms with Crippen LogP contribution in [0.1, 0.15) is 42.1 Å². The molecule has 0 bridgehead atoms. The molecule has 1 amide bonds. The van der Waals surface area contributed by atoms with Crippen molar-refractivity contribution in [1.82, 2.24) is 5.32 Å². The average Bonchev–Trinajstić information content (AvgIpc) is 2.86. The summed E-state index contributed by atoms with van der Waals surface area (Å²) in [5.41, 5.74) is 3.11. The lowest BCUT2D eigenvalue weighted by Gasteiger charge is -2.35. The fraction of sp³-hybridized carbons (Fsp3) is 0.269. The van der Waals surface area contributed by atoms with Crippen molar-refractivity contribution in [2.24, 2.45) is 10.9 Å². The quantitative estimate of drug-likeness (QED) is 0.169. The molecule has 2 aromatic carbocycles. The zero-order valence-electron chi connectivity index (χ0n) is 18.8. The Hall–Kier alpha value is -3.87. The number of hydrogen-bond acceptors (Lipinski definition) is 5. The van der Waals surface area contributed by atoms with E-state index in [9.17, 15) is 9.59 Å². The molecule has 0 aromatic heterocycles. The summed E-state index contributed by atoms with van der Waals surface area (Å²) in [5, 5.41) is 9.43. The number of hydrogen-bond donors (Lipinski definition) is 3. The molecular formula is C26H30N4O3. The van der Waals surface area contributed by atoms with Gasteiger partial charge in [-0.2, -0.15) is 5.10 Å². The highest BCUT2D eigenvalue weighted by molar-refractivity contribution is 5.95. The smallest absolute Gasteiger partial charge is 0.306 e. The van der Waals surface area contributed by atoms with Crippen molar-refractivity contribution >= 4 is 23.9 Å². The molecule has 0 heterocycles. The highest BCUT2D eigenvalue weighted by Crippen LogP contribution is 2.36. The van der Waals surface area contributed by atoms with E-state index in [1.807, 2.05) is 30.3 Å². The van der Waals surface area contributed by atoms with Crippen LogP contribution in [0, 0.1) is 0 Å². The molecule has 0 saturated heterocycles. The molecule has 2 aromatic rings. The van der Waals surface area contributed by atoms with E-state index in [1.54, 1.807) is 25.1 Å². The van der Waals surface area contributed by atoms with Crippen molar-refractivity contribution in [1.29, 1.82) is 0 Å². The Bertz CT molecular complexity index is 1050. The van der Waals surface area contributed by atoms with Crippen LogP contribution in [0.15, 0.2) is 83.5 Å². The number of nitrogens with one attached hydrogen (secondary N) is 2. The van der Waals surface area contributed by atoms with E-state index >= 15 is 0 Å². The number of amides is 1. The normalized spacial score (nSPS) is 17.4. The average molecular weight is 447 g/mol. The van der Waals surface area contributed by atoms with Gasteiger partial charge in [0.05, 0.1) is 6.61 Å². The van der Waals surface area contributed by atoms with Gasteiger partial charge in [-0.1, -0.05) is 60.2 Å². The molecule has 1 atom stereocenters. The predicted octanol–water partition coefficient (Wildman–Crippen LogP) is 3.90. The number of benzene rings is 2. The van der Waals surface area contributed by atoms with E-state index < -0.39 is 5.41 Å². The van der Waals surface area contributed by atoms with Gasteiger partial charge in [-0.15, -0.1) is 0 Å². The highest BCUT2D eigenvalue weighted by atomic mass is 16.5. The van der Waals surface area contributed by atoms with Crippen molar-refractivity contribution in [3.63, 3.8) is 0 Å². The monoisotopic (exact) mass is 446 g/mol. The van der Waals surface area contributed by atoms with Gasteiger partial charge < -0.3 is 21.2 Å². The van der Waals surface area contributed by atoms with Crippen molar-refractivity contribution in [3.8, 4) is 0 Å². The van der Waals surface area contributed by atoms with Crippen molar-refractivity contribution in [2.45, 2.75) is 31.6 Å². The molecule has 0 spiro atoms.